The van der Waals surface area contributed by atoms with E-state index in [0.717, 1.165) is 0 Å². The largest absolute Gasteiger partial charge is 0.394 e. The lowest BCUT2D eigenvalue weighted by Gasteiger charge is -2.41. The zero-order chi connectivity index (χ0) is 9.35. The highest BCUT2D eigenvalue weighted by molar-refractivity contribution is 6.15. The Morgan fingerprint density at radius 3 is 2.83 bits per heavy atom. The van der Waals surface area contributed by atoms with Gasteiger partial charge in [0.05, 0.1) is 14.5 Å². The average Bonchev–Trinajstić information content (AvgIpc) is 2.01. The first-order valence-corrected chi connectivity index (χ1v) is 3.82. The minimum absolute atomic E-state index is 0.0104. The number of halogens is 1. The summed E-state index contributed by atoms with van der Waals surface area (Å²) in [5.74, 6) is 0. The Balaban J connectivity index is 2.65. The van der Waals surface area contributed by atoms with E-state index in [2.05, 4.69) is 0 Å². The molecule has 1 saturated heterocycles. The first-order chi connectivity index (χ1) is 5.49. The van der Waals surface area contributed by atoms with Crippen LogP contribution in [0.4, 0.5) is 4.39 Å². The van der Waals surface area contributed by atoms with Crippen LogP contribution in [0.5, 0.6) is 0 Å². The second kappa shape index (κ2) is 3.32. The molecular weight excluding hydrogens is 162 g/mol. The number of ether oxygens (including phenoxy) is 1. The molecule has 5 heteroatoms. The lowest BCUT2D eigenvalue weighted by atomic mass is 9.64. The smallest absolute Gasteiger partial charge is 0.128 e. The molecule has 1 fully saturated rings. The maximum absolute atomic E-state index is 13.2. The lowest BCUT2D eigenvalue weighted by Crippen LogP contribution is -2.51. The van der Waals surface area contributed by atoms with E-state index < -0.39 is 30.3 Å². The summed E-state index contributed by atoms with van der Waals surface area (Å²) in [5.41, 5.74) is 0. The van der Waals surface area contributed by atoms with E-state index in [9.17, 15) is 9.50 Å². The fraction of sp³-hybridized carbons (Fsp3) is 1.00. The van der Waals surface area contributed by atoms with Gasteiger partial charge in [0, 0.05) is 6.61 Å². The maximum Gasteiger partial charge on any atom is 0.128 e. The molecule has 1 unspecified atom stereocenters. The van der Waals surface area contributed by atoms with E-state index in [1.807, 2.05) is 0 Å². The van der Waals surface area contributed by atoms with Gasteiger partial charge in [0.1, 0.15) is 18.4 Å². The van der Waals surface area contributed by atoms with Gasteiger partial charge in [-0.3, -0.25) is 0 Å². The number of hydrogen-bond acceptors (Lipinski definition) is 3. The molecule has 1 heterocycles. The zero-order valence-electron chi connectivity index (χ0n) is 6.90. The average molecular weight is 174 g/mol. The van der Waals surface area contributed by atoms with Gasteiger partial charge in [0.25, 0.3) is 0 Å². The Bertz CT molecular complexity index is 165. The van der Waals surface area contributed by atoms with Crippen LogP contribution in [0, 0.1) is 0 Å². The predicted octanol–water partition coefficient (Wildman–Crippen LogP) is -0.576. The van der Waals surface area contributed by atoms with Gasteiger partial charge in [0.15, 0.2) is 0 Å². The Labute approximate surface area is 71.9 Å². The molecule has 0 aliphatic carbocycles. The Kier molecular flexibility index (Phi) is 2.75. The lowest BCUT2D eigenvalue weighted by molar-refractivity contribution is -0.144. The van der Waals surface area contributed by atoms with Crippen LogP contribution in [0.2, 0.25) is 5.31 Å². The highest BCUT2D eigenvalue weighted by atomic mass is 19.1. The number of rotatable bonds is 1. The monoisotopic (exact) mass is 174 g/mol. The summed E-state index contributed by atoms with van der Waals surface area (Å²) in [6, 6.07) is 0. The van der Waals surface area contributed by atoms with Gasteiger partial charge in [-0.1, -0.05) is 6.92 Å². The predicted molar refractivity (Wildman–Crippen MR) is 41.8 cm³/mol. The molecular formula is C7H12BFO3. The number of aliphatic hydroxyl groups is 2. The molecule has 68 valence electrons. The van der Waals surface area contributed by atoms with Gasteiger partial charge in [-0.05, 0) is 5.31 Å². The summed E-state index contributed by atoms with van der Waals surface area (Å²) < 4.78 is 18.2. The Morgan fingerprint density at radius 1 is 1.75 bits per heavy atom. The number of alkyl halides is 1. The molecule has 0 aromatic heterocycles. The van der Waals surface area contributed by atoms with Gasteiger partial charge in [-0.2, -0.15) is 0 Å². The molecule has 0 bridgehead atoms. The summed E-state index contributed by atoms with van der Waals surface area (Å²) in [6.07, 6.45) is -3.74. The molecule has 4 atom stereocenters. The molecule has 0 amide bonds. The third kappa shape index (κ3) is 1.63. The minimum atomic E-state index is -1.55. The molecule has 0 spiro atoms. The van der Waals surface area contributed by atoms with Gasteiger partial charge in [-0.25, -0.2) is 4.39 Å². The van der Waals surface area contributed by atoms with E-state index in [-0.39, 0.29) is 6.61 Å². The van der Waals surface area contributed by atoms with E-state index in [4.69, 9.17) is 17.7 Å². The molecule has 1 aliphatic heterocycles. The van der Waals surface area contributed by atoms with Crippen LogP contribution in [-0.2, 0) is 4.74 Å². The number of hydrogen-bond donors (Lipinski definition) is 2. The van der Waals surface area contributed by atoms with Crippen LogP contribution >= 0.6 is 0 Å². The van der Waals surface area contributed by atoms with Crippen molar-refractivity contribution in [1.29, 1.82) is 0 Å². The van der Waals surface area contributed by atoms with Crippen LogP contribution in [0.1, 0.15) is 6.92 Å². The van der Waals surface area contributed by atoms with Crippen molar-refractivity contribution in [2.75, 3.05) is 13.2 Å². The molecule has 2 radical (unpaired) electrons. The third-order valence-corrected chi connectivity index (χ3v) is 2.10. The van der Waals surface area contributed by atoms with E-state index in [0.29, 0.717) is 0 Å². The first kappa shape index (κ1) is 9.96. The van der Waals surface area contributed by atoms with Crippen molar-refractivity contribution < 1.29 is 19.3 Å². The van der Waals surface area contributed by atoms with Crippen molar-refractivity contribution in [3.05, 3.63) is 0 Å². The summed E-state index contributed by atoms with van der Waals surface area (Å²) in [6.45, 7) is 1.09. The van der Waals surface area contributed by atoms with Crippen LogP contribution in [0.25, 0.3) is 0 Å². The van der Waals surface area contributed by atoms with E-state index in [1.54, 1.807) is 0 Å². The standard InChI is InChI=1S/C7H12BFO3/c1-7(8)3-12-4(2-10)5(11)6(7)9/h4-6,10-11H,2-3H2,1H3/t4-,5?,6-,7-/m1/s1. The molecule has 2 N–H and O–H groups in total. The molecule has 1 rings (SSSR count). The summed E-state index contributed by atoms with van der Waals surface area (Å²) in [7, 11) is 5.49. The first-order valence-electron chi connectivity index (χ1n) is 3.82. The fourth-order valence-corrected chi connectivity index (χ4v) is 1.20. The van der Waals surface area contributed by atoms with Crippen molar-refractivity contribution in [2.24, 2.45) is 0 Å². The summed E-state index contributed by atoms with van der Waals surface area (Å²) >= 11 is 0. The quantitative estimate of drug-likeness (QED) is 0.523. The van der Waals surface area contributed by atoms with Gasteiger partial charge in [0.2, 0.25) is 0 Å². The molecule has 0 aromatic carbocycles. The third-order valence-electron chi connectivity index (χ3n) is 2.10. The zero-order valence-corrected chi connectivity index (χ0v) is 6.90. The Morgan fingerprint density at radius 2 is 2.33 bits per heavy atom. The molecule has 0 aromatic rings. The minimum Gasteiger partial charge on any atom is -0.394 e. The van der Waals surface area contributed by atoms with Crippen molar-refractivity contribution in [2.45, 2.75) is 30.6 Å². The van der Waals surface area contributed by atoms with Crippen LogP contribution in [0.3, 0.4) is 0 Å². The number of aliphatic hydroxyl groups excluding tert-OH is 2. The molecule has 3 nitrogen and oxygen atoms in total. The topological polar surface area (TPSA) is 49.7 Å². The van der Waals surface area contributed by atoms with Crippen molar-refractivity contribution in [3.63, 3.8) is 0 Å². The van der Waals surface area contributed by atoms with E-state index >= 15 is 0 Å². The van der Waals surface area contributed by atoms with Crippen molar-refractivity contribution >= 4 is 7.85 Å². The highest BCUT2D eigenvalue weighted by Gasteiger charge is 2.43. The summed E-state index contributed by atoms with van der Waals surface area (Å²) in [5, 5.41) is 16.7. The fourth-order valence-electron chi connectivity index (χ4n) is 1.20. The second-order valence-corrected chi connectivity index (χ2v) is 3.43. The maximum atomic E-state index is 13.2. The summed E-state index contributed by atoms with van der Waals surface area (Å²) in [4.78, 5) is 0. The van der Waals surface area contributed by atoms with Gasteiger partial charge < -0.3 is 14.9 Å². The van der Waals surface area contributed by atoms with Crippen molar-refractivity contribution in [1.82, 2.24) is 0 Å². The molecule has 0 saturated carbocycles. The van der Waals surface area contributed by atoms with Crippen LogP contribution in [0.15, 0.2) is 0 Å². The van der Waals surface area contributed by atoms with Crippen LogP contribution < -0.4 is 0 Å². The molecule has 1 aliphatic rings. The van der Waals surface area contributed by atoms with E-state index in [1.165, 1.54) is 6.92 Å². The Hall–Kier alpha value is -0.125. The van der Waals surface area contributed by atoms with Crippen molar-refractivity contribution in [3.8, 4) is 0 Å². The van der Waals surface area contributed by atoms with Gasteiger partial charge in [-0.15, -0.1) is 0 Å². The van der Waals surface area contributed by atoms with Gasteiger partial charge >= 0.3 is 0 Å². The highest BCUT2D eigenvalue weighted by Crippen LogP contribution is 2.36. The SMILES string of the molecule is [B][C@]1(C)CO[C@H](CO)C(O)[C@H]1F. The second-order valence-electron chi connectivity index (χ2n) is 3.43. The molecule has 12 heavy (non-hydrogen) atoms. The normalized spacial score (nSPS) is 49.2. The van der Waals surface area contributed by atoms with Crippen LogP contribution in [-0.4, -0.2) is 49.7 Å².